The van der Waals surface area contributed by atoms with Crippen molar-refractivity contribution >= 4 is 5.91 Å². The van der Waals surface area contributed by atoms with Crippen molar-refractivity contribution in [3.8, 4) is 11.5 Å². The van der Waals surface area contributed by atoms with Gasteiger partial charge < -0.3 is 14.8 Å². The molecule has 1 amide bonds. The molecule has 0 aliphatic carbocycles. The van der Waals surface area contributed by atoms with Gasteiger partial charge in [0, 0.05) is 6.54 Å². The molecule has 0 heterocycles. The standard InChI is InChI=1S/C20H25NO3/c1-15(2)17-10-8-16(9-11-17)12-13-21-20(22)14-24-19-7-5-4-6-18(19)23-3/h4-11,15H,12-14H2,1-3H3,(H,21,22). The number of ether oxygens (including phenoxy) is 2. The van der Waals surface area contributed by atoms with Crippen molar-refractivity contribution in [2.45, 2.75) is 26.2 Å². The van der Waals surface area contributed by atoms with Crippen LogP contribution in [0.1, 0.15) is 30.9 Å². The molecule has 24 heavy (non-hydrogen) atoms. The van der Waals surface area contributed by atoms with Gasteiger partial charge in [-0.2, -0.15) is 0 Å². The molecule has 0 spiro atoms. The van der Waals surface area contributed by atoms with Crippen molar-refractivity contribution < 1.29 is 14.3 Å². The third kappa shape index (κ3) is 5.30. The molecular formula is C20H25NO3. The van der Waals surface area contributed by atoms with Gasteiger partial charge in [-0.05, 0) is 35.6 Å². The van der Waals surface area contributed by atoms with Gasteiger partial charge in [-0.1, -0.05) is 50.2 Å². The Bertz CT molecular complexity index is 650. The highest BCUT2D eigenvalue weighted by Crippen LogP contribution is 2.25. The second-order valence-electron chi connectivity index (χ2n) is 5.94. The Hall–Kier alpha value is -2.49. The second kappa shape index (κ2) is 8.96. The molecule has 0 saturated heterocycles. The van der Waals surface area contributed by atoms with E-state index >= 15 is 0 Å². The van der Waals surface area contributed by atoms with Crippen LogP contribution in [0.4, 0.5) is 0 Å². The molecule has 128 valence electrons. The first-order valence-electron chi connectivity index (χ1n) is 8.21. The monoisotopic (exact) mass is 327 g/mol. The first-order chi connectivity index (χ1) is 11.6. The van der Waals surface area contributed by atoms with Crippen molar-refractivity contribution in [2.24, 2.45) is 0 Å². The number of hydrogen-bond acceptors (Lipinski definition) is 3. The van der Waals surface area contributed by atoms with Gasteiger partial charge in [0.15, 0.2) is 18.1 Å². The van der Waals surface area contributed by atoms with Crippen LogP contribution in [-0.2, 0) is 11.2 Å². The molecule has 0 saturated carbocycles. The maximum absolute atomic E-state index is 11.9. The number of benzene rings is 2. The average molecular weight is 327 g/mol. The van der Waals surface area contributed by atoms with Crippen LogP contribution in [0.5, 0.6) is 11.5 Å². The van der Waals surface area contributed by atoms with Crippen molar-refractivity contribution in [1.29, 1.82) is 0 Å². The summed E-state index contributed by atoms with van der Waals surface area (Å²) in [4.78, 5) is 11.9. The molecule has 0 radical (unpaired) electrons. The van der Waals surface area contributed by atoms with E-state index in [0.29, 0.717) is 24.0 Å². The van der Waals surface area contributed by atoms with Crippen LogP contribution in [0.15, 0.2) is 48.5 Å². The van der Waals surface area contributed by atoms with Gasteiger partial charge in [0.2, 0.25) is 0 Å². The highest BCUT2D eigenvalue weighted by molar-refractivity contribution is 5.77. The Labute approximate surface area is 143 Å². The Morgan fingerprint density at radius 2 is 1.71 bits per heavy atom. The Balaban J connectivity index is 1.73. The minimum atomic E-state index is -0.139. The lowest BCUT2D eigenvalue weighted by atomic mass is 10.0. The summed E-state index contributed by atoms with van der Waals surface area (Å²) in [5, 5.41) is 2.87. The van der Waals surface area contributed by atoms with Gasteiger partial charge in [0.1, 0.15) is 0 Å². The van der Waals surface area contributed by atoms with E-state index in [-0.39, 0.29) is 12.5 Å². The molecule has 0 aliphatic heterocycles. The normalized spacial score (nSPS) is 10.5. The summed E-state index contributed by atoms with van der Waals surface area (Å²) < 4.78 is 10.7. The lowest BCUT2D eigenvalue weighted by molar-refractivity contribution is -0.123. The number of carbonyl (C=O) groups excluding carboxylic acids is 1. The van der Waals surface area contributed by atoms with Gasteiger partial charge in [-0.3, -0.25) is 4.79 Å². The Kier molecular flexibility index (Phi) is 6.67. The van der Waals surface area contributed by atoms with E-state index in [1.54, 1.807) is 19.2 Å². The van der Waals surface area contributed by atoms with Crippen LogP contribution in [0, 0.1) is 0 Å². The largest absolute Gasteiger partial charge is 0.493 e. The van der Waals surface area contributed by atoms with E-state index in [9.17, 15) is 4.79 Å². The summed E-state index contributed by atoms with van der Waals surface area (Å²) in [6, 6.07) is 15.8. The number of nitrogens with one attached hydrogen (secondary N) is 1. The lowest BCUT2D eigenvalue weighted by Crippen LogP contribution is -2.30. The van der Waals surface area contributed by atoms with Crippen LogP contribution >= 0.6 is 0 Å². The SMILES string of the molecule is COc1ccccc1OCC(=O)NCCc1ccc(C(C)C)cc1. The van der Waals surface area contributed by atoms with Gasteiger partial charge >= 0.3 is 0 Å². The molecule has 0 fully saturated rings. The van der Waals surface area contributed by atoms with Crippen molar-refractivity contribution in [2.75, 3.05) is 20.3 Å². The molecule has 2 aromatic rings. The third-order valence-electron chi connectivity index (χ3n) is 3.81. The molecule has 2 aromatic carbocycles. The van der Waals surface area contributed by atoms with Gasteiger partial charge in [0.25, 0.3) is 5.91 Å². The van der Waals surface area contributed by atoms with Crippen molar-refractivity contribution in [3.05, 3.63) is 59.7 Å². The molecular weight excluding hydrogens is 302 g/mol. The maximum atomic E-state index is 11.9. The van der Waals surface area contributed by atoms with E-state index in [1.807, 2.05) is 12.1 Å². The minimum Gasteiger partial charge on any atom is -0.493 e. The second-order valence-corrected chi connectivity index (χ2v) is 5.94. The summed E-state index contributed by atoms with van der Waals surface area (Å²) in [5.74, 6) is 1.58. The smallest absolute Gasteiger partial charge is 0.257 e. The van der Waals surface area contributed by atoms with Crippen LogP contribution in [0.25, 0.3) is 0 Å². The molecule has 0 aliphatic rings. The molecule has 0 atom stereocenters. The highest BCUT2D eigenvalue weighted by Gasteiger charge is 2.06. The number of amides is 1. The third-order valence-corrected chi connectivity index (χ3v) is 3.81. The summed E-state index contributed by atoms with van der Waals surface area (Å²) in [7, 11) is 1.58. The molecule has 0 unspecified atom stereocenters. The van der Waals surface area contributed by atoms with Crippen LogP contribution in [0.2, 0.25) is 0 Å². The summed E-state index contributed by atoms with van der Waals surface area (Å²) in [6.45, 7) is 4.93. The fourth-order valence-corrected chi connectivity index (χ4v) is 2.35. The van der Waals surface area contributed by atoms with Crippen molar-refractivity contribution in [3.63, 3.8) is 0 Å². The topological polar surface area (TPSA) is 47.6 Å². The van der Waals surface area contributed by atoms with E-state index in [4.69, 9.17) is 9.47 Å². The van der Waals surface area contributed by atoms with Crippen molar-refractivity contribution in [1.82, 2.24) is 5.32 Å². The van der Waals surface area contributed by atoms with E-state index < -0.39 is 0 Å². The van der Waals surface area contributed by atoms with Gasteiger partial charge in [-0.25, -0.2) is 0 Å². The lowest BCUT2D eigenvalue weighted by Gasteiger charge is -2.11. The van der Waals surface area contributed by atoms with Crippen LogP contribution < -0.4 is 14.8 Å². The predicted molar refractivity (Wildman–Crippen MR) is 95.7 cm³/mol. The van der Waals surface area contributed by atoms with Gasteiger partial charge in [-0.15, -0.1) is 0 Å². The molecule has 4 heteroatoms. The fraction of sp³-hybridized carbons (Fsp3) is 0.350. The summed E-state index contributed by atoms with van der Waals surface area (Å²) in [6.07, 6.45) is 0.804. The zero-order valence-electron chi connectivity index (χ0n) is 14.5. The Morgan fingerprint density at radius 3 is 2.33 bits per heavy atom. The fourth-order valence-electron chi connectivity index (χ4n) is 2.35. The van der Waals surface area contributed by atoms with E-state index in [2.05, 4.69) is 43.4 Å². The zero-order valence-corrected chi connectivity index (χ0v) is 14.5. The quantitative estimate of drug-likeness (QED) is 0.806. The molecule has 0 aromatic heterocycles. The molecule has 1 N–H and O–H groups in total. The number of hydrogen-bond donors (Lipinski definition) is 1. The summed E-state index contributed by atoms with van der Waals surface area (Å²) in [5.41, 5.74) is 2.54. The van der Waals surface area contributed by atoms with Crippen LogP contribution in [0.3, 0.4) is 0 Å². The highest BCUT2D eigenvalue weighted by atomic mass is 16.5. The summed E-state index contributed by atoms with van der Waals surface area (Å²) >= 11 is 0. The number of rotatable bonds is 8. The molecule has 0 bridgehead atoms. The van der Waals surface area contributed by atoms with Crippen LogP contribution in [-0.4, -0.2) is 26.2 Å². The first kappa shape index (κ1) is 17.9. The predicted octanol–water partition coefficient (Wildman–Crippen LogP) is 3.56. The number of para-hydroxylation sites is 2. The molecule has 2 rings (SSSR count). The number of methoxy groups -OCH3 is 1. The Morgan fingerprint density at radius 1 is 1.04 bits per heavy atom. The zero-order chi connectivity index (χ0) is 17.4. The van der Waals surface area contributed by atoms with E-state index in [0.717, 1.165) is 6.42 Å². The van der Waals surface area contributed by atoms with E-state index in [1.165, 1.54) is 11.1 Å². The minimum absolute atomic E-state index is 0.0212. The first-order valence-corrected chi connectivity index (χ1v) is 8.21. The van der Waals surface area contributed by atoms with Gasteiger partial charge in [0.05, 0.1) is 7.11 Å². The average Bonchev–Trinajstić information content (AvgIpc) is 2.60. The number of carbonyl (C=O) groups is 1. The maximum Gasteiger partial charge on any atom is 0.257 e. The molecule has 4 nitrogen and oxygen atoms in total.